The van der Waals surface area contributed by atoms with Crippen molar-refractivity contribution in [3.8, 4) is 5.75 Å². The first-order chi connectivity index (χ1) is 9.97. The zero-order valence-corrected chi connectivity index (χ0v) is 12.3. The average molecular weight is 332 g/mol. The van der Waals surface area contributed by atoms with Gasteiger partial charge in [0.1, 0.15) is 10.6 Å². The summed E-state index contributed by atoms with van der Waals surface area (Å²) in [5, 5.41) is 1.44. The van der Waals surface area contributed by atoms with Crippen molar-refractivity contribution in [1.29, 1.82) is 0 Å². The first-order valence-electron chi connectivity index (χ1n) is 5.67. The van der Waals surface area contributed by atoms with Crippen molar-refractivity contribution < 1.29 is 23.1 Å². The highest BCUT2D eigenvalue weighted by molar-refractivity contribution is 7.14. The third-order valence-corrected chi connectivity index (χ3v) is 4.20. The largest absolute Gasteiger partial charge is 0.433 e. The molecule has 112 valence electrons. The molecule has 0 spiro atoms. The van der Waals surface area contributed by atoms with Crippen molar-refractivity contribution in [2.24, 2.45) is 0 Å². The van der Waals surface area contributed by atoms with Crippen LogP contribution in [0, 0.1) is 6.92 Å². The zero-order chi connectivity index (χ0) is 15.4. The van der Waals surface area contributed by atoms with E-state index in [0.717, 1.165) is 16.2 Å². The molecule has 2 aromatic rings. The zero-order valence-electron chi connectivity index (χ0n) is 10.7. The van der Waals surface area contributed by atoms with E-state index in [2.05, 4.69) is 15.6 Å². The van der Waals surface area contributed by atoms with E-state index in [1.165, 1.54) is 22.8 Å². The Labute approximate surface area is 126 Å². The highest BCUT2D eigenvalue weighted by atomic mass is 32.1. The van der Waals surface area contributed by atoms with Crippen LogP contribution in [0.4, 0.5) is 8.78 Å². The Hall–Kier alpha value is -2.00. The molecular formula is C12H10F2N2O3S2. The molecule has 0 aliphatic rings. The Morgan fingerprint density at radius 2 is 1.90 bits per heavy atom. The number of alkyl halides is 2. The number of hydrazine groups is 1. The number of nitrogens with one attached hydrogen (secondary N) is 2. The minimum Gasteiger partial charge on any atom is -0.433 e. The van der Waals surface area contributed by atoms with Crippen LogP contribution in [0.5, 0.6) is 5.75 Å². The van der Waals surface area contributed by atoms with Gasteiger partial charge in [0.15, 0.2) is 0 Å². The summed E-state index contributed by atoms with van der Waals surface area (Å²) < 4.78 is 28.5. The van der Waals surface area contributed by atoms with Crippen molar-refractivity contribution in [3.05, 3.63) is 38.2 Å². The fourth-order valence-corrected chi connectivity index (χ4v) is 2.92. The number of ether oxygens (including phenoxy) is 1. The fourth-order valence-electron chi connectivity index (χ4n) is 1.44. The van der Waals surface area contributed by atoms with Crippen LogP contribution < -0.4 is 15.6 Å². The average Bonchev–Trinajstić information content (AvgIpc) is 3.04. The van der Waals surface area contributed by atoms with Crippen LogP contribution in [-0.2, 0) is 0 Å². The summed E-state index contributed by atoms with van der Waals surface area (Å²) in [5.41, 5.74) is 4.38. The second-order valence-electron chi connectivity index (χ2n) is 3.81. The third-order valence-electron chi connectivity index (χ3n) is 2.31. The molecule has 2 amide bonds. The monoisotopic (exact) mass is 332 g/mol. The van der Waals surface area contributed by atoms with Gasteiger partial charge >= 0.3 is 6.61 Å². The predicted molar refractivity (Wildman–Crippen MR) is 74.9 cm³/mol. The van der Waals surface area contributed by atoms with Crippen molar-refractivity contribution in [3.63, 3.8) is 0 Å². The topological polar surface area (TPSA) is 67.4 Å². The Bertz CT molecular complexity index is 654. The van der Waals surface area contributed by atoms with Crippen LogP contribution >= 0.6 is 22.7 Å². The molecular weight excluding hydrogens is 322 g/mol. The maximum Gasteiger partial charge on any atom is 0.387 e. The minimum atomic E-state index is -3.02. The Kier molecular flexibility index (Phi) is 4.86. The maximum atomic E-state index is 12.2. The second kappa shape index (κ2) is 6.64. The van der Waals surface area contributed by atoms with Crippen molar-refractivity contribution in [2.45, 2.75) is 13.5 Å². The Morgan fingerprint density at radius 1 is 1.19 bits per heavy atom. The van der Waals surface area contributed by atoms with Crippen molar-refractivity contribution >= 4 is 34.5 Å². The second-order valence-corrected chi connectivity index (χ2v) is 6.02. The van der Waals surface area contributed by atoms with Gasteiger partial charge in [-0.1, -0.05) is 0 Å². The minimum absolute atomic E-state index is 0.0436. The first-order valence-corrected chi connectivity index (χ1v) is 7.36. The summed E-state index contributed by atoms with van der Waals surface area (Å²) in [7, 11) is 0. The van der Waals surface area contributed by atoms with E-state index < -0.39 is 18.4 Å². The van der Waals surface area contributed by atoms with Crippen LogP contribution in [0.1, 0.15) is 24.2 Å². The van der Waals surface area contributed by atoms with E-state index in [9.17, 15) is 18.4 Å². The SMILES string of the molecule is Cc1ccc(C(=O)NNC(=O)c2sccc2OC(F)F)s1. The number of halogens is 2. The van der Waals surface area contributed by atoms with Gasteiger partial charge < -0.3 is 4.74 Å². The van der Waals surface area contributed by atoms with E-state index in [-0.39, 0.29) is 10.6 Å². The molecule has 9 heteroatoms. The molecule has 0 saturated heterocycles. The number of thiophene rings is 2. The number of amides is 2. The molecule has 0 atom stereocenters. The molecule has 2 rings (SSSR count). The van der Waals surface area contributed by atoms with Gasteiger partial charge in [0.25, 0.3) is 11.8 Å². The van der Waals surface area contributed by atoms with Gasteiger partial charge in [0.05, 0.1) is 4.88 Å². The normalized spacial score (nSPS) is 10.5. The van der Waals surface area contributed by atoms with E-state index in [1.54, 1.807) is 12.1 Å². The highest BCUT2D eigenvalue weighted by Crippen LogP contribution is 2.26. The summed E-state index contributed by atoms with van der Waals surface area (Å²) in [6.07, 6.45) is 0. The quantitative estimate of drug-likeness (QED) is 0.846. The molecule has 0 aromatic carbocycles. The molecule has 21 heavy (non-hydrogen) atoms. The van der Waals surface area contributed by atoms with Gasteiger partial charge in [-0.25, -0.2) is 0 Å². The Morgan fingerprint density at radius 3 is 2.52 bits per heavy atom. The molecule has 0 bridgehead atoms. The smallest absolute Gasteiger partial charge is 0.387 e. The van der Waals surface area contributed by atoms with Gasteiger partial charge in [-0.2, -0.15) is 8.78 Å². The highest BCUT2D eigenvalue weighted by Gasteiger charge is 2.18. The summed E-state index contributed by atoms with van der Waals surface area (Å²) in [6.45, 7) is -1.17. The summed E-state index contributed by atoms with van der Waals surface area (Å²) in [6, 6.07) is 4.66. The molecule has 0 unspecified atom stereocenters. The van der Waals surface area contributed by atoms with E-state index in [4.69, 9.17) is 0 Å². The van der Waals surface area contributed by atoms with E-state index >= 15 is 0 Å². The van der Waals surface area contributed by atoms with Crippen molar-refractivity contribution in [2.75, 3.05) is 0 Å². The standard InChI is InChI=1S/C12H10F2N2O3S2/c1-6-2-3-8(21-6)10(17)15-16-11(18)9-7(4-5-20-9)19-12(13)14/h2-5,12H,1H3,(H,15,17)(H,16,18). The number of aryl methyl sites for hydroxylation is 1. The lowest BCUT2D eigenvalue weighted by Crippen LogP contribution is -2.41. The molecule has 5 nitrogen and oxygen atoms in total. The summed E-state index contributed by atoms with van der Waals surface area (Å²) >= 11 is 2.20. The fraction of sp³-hybridized carbons (Fsp3) is 0.167. The molecule has 0 saturated carbocycles. The lowest BCUT2D eigenvalue weighted by atomic mass is 10.4. The lowest BCUT2D eigenvalue weighted by Gasteiger charge is -2.07. The molecule has 2 heterocycles. The molecule has 0 fully saturated rings. The summed E-state index contributed by atoms with van der Waals surface area (Å²) in [4.78, 5) is 24.9. The van der Waals surface area contributed by atoms with E-state index in [1.807, 2.05) is 6.92 Å². The van der Waals surface area contributed by atoms with Gasteiger partial charge in [-0.3, -0.25) is 20.4 Å². The van der Waals surface area contributed by atoms with Gasteiger partial charge in [0, 0.05) is 4.88 Å². The molecule has 2 aromatic heterocycles. The molecule has 0 aliphatic heterocycles. The number of hydrogen-bond acceptors (Lipinski definition) is 5. The first kappa shape index (κ1) is 15.4. The van der Waals surface area contributed by atoms with Crippen LogP contribution in [0.3, 0.4) is 0 Å². The predicted octanol–water partition coefficient (Wildman–Crippen LogP) is 2.79. The van der Waals surface area contributed by atoms with Crippen LogP contribution in [0.2, 0.25) is 0 Å². The van der Waals surface area contributed by atoms with Crippen LogP contribution in [0.25, 0.3) is 0 Å². The third kappa shape index (κ3) is 3.99. The number of carbonyl (C=O) groups is 2. The van der Waals surface area contributed by atoms with Crippen molar-refractivity contribution in [1.82, 2.24) is 10.9 Å². The Balaban J connectivity index is 1.96. The molecule has 0 aliphatic carbocycles. The van der Waals surface area contributed by atoms with Crippen LogP contribution in [-0.4, -0.2) is 18.4 Å². The number of hydrogen-bond donors (Lipinski definition) is 2. The summed E-state index contributed by atoms with van der Waals surface area (Å²) in [5.74, 6) is -1.43. The van der Waals surface area contributed by atoms with Gasteiger partial charge in [-0.05, 0) is 30.5 Å². The van der Waals surface area contributed by atoms with E-state index in [0.29, 0.717) is 4.88 Å². The molecule has 0 radical (unpaired) electrons. The number of rotatable bonds is 4. The van der Waals surface area contributed by atoms with Gasteiger partial charge in [0.2, 0.25) is 0 Å². The van der Waals surface area contributed by atoms with Crippen LogP contribution in [0.15, 0.2) is 23.6 Å². The maximum absolute atomic E-state index is 12.2. The van der Waals surface area contributed by atoms with Gasteiger partial charge in [-0.15, -0.1) is 22.7 Å². The number of carbonyl (C=O) groups excluding carboxylic acids is 2. The lowest BCUT2D eigenvalue weighted by molar-refractivity contribution is -0.0498. The molecule has 2 N–H and O–H groups in total.